The van der Waals surface area contributed by atoms with Crippen molar-refractivity contribution in [2.24, 2.45) is 0 Å². The number of amides is 2. The molecule has 2 rings (SSSR count). The molecule has 7 nitrogen and oxygen atoms in total. The zero-order chi connectivity index (χ0) is 17.0. The Labute approximate surface area is 138 Å². The maximum atomic E-state index is 12.9. The van der Waals surface area contributed by atoms with E-state index in [1.807, 2.05) is 0 Å². The van der Waals surface area contributed by atoms with Gasteiger partial charge in [-0.25, -0.2) is 9.99 Å². The average molecular weight is 334 g/mol. The van der Waals surface area contributed by atoms with E-state index in [1.165, 1.54) is 17.7 Å². The van der Waals surface area contributed by atoms with E-state index in [0.717, 1.165) is 5.01 Å². The number of hydrogen-bond donors (Lipinski definition) is 0. The molecule has 1 heterocycles. The molecule has 1 aromatic carbocycles. The number of rotatable bonds is 4. The van der Waals surface area contributed by atoms with Crippen molar-refractivity contribution in [2.45, 2.75) is 26.3 Å². The summed E-state index contributed by atoms with van der Waals surface area (Å²) in [5.41, 5.74) is -0.296. The Kier molecular flexibility index (Phi) is 4.90. The van der Waals surface area contributed by atoms with E-state index in [2.05, 4.69) is 15.0 Å². The molecular formula is C15H16ClN5O2. The van der Waals surface area contributed by atoms with Crippen LogP contribution < -0.4 is 5.01 Å². The fourth-order valence-electron chi connectivity index (χ4n) is 1.98. The van der Waals surface area contributed by atoms with Crippen molar-refractivity contribution in [3.8, 4) is 0 Å². The number of halogens is 1. The Morgan fingerprint density at radius 2 is 1.70 bits per heavy atom. The summed E-state index contributed by atoms with van der Waals surface area (Å²) in [6.07, 6.45) is 3.01. The van der Waals surface area contributed by atoms with Gasteiger partial charge in [-0.2, -0.15) is 15.0 Å². The van der Waals surface area contributed by atoms with Gasteiger partial charge in [0.15, 0.2) is 0 Å². The summed E-state index contributed by atoms with van der Waals surface area (Å²) in [5.74, 6) is -0.311. The quantitative estimate of drug-likeness (QED) is 0.634. The van der Waals surface area contributed by atoms with Gasteiger partial charge in [0.2, 0.25) is 6.41 Å². The number of aromatic nitrogens is 3. The van der Waals surface area contributed by atoms with Crippen LogP contribution in [-0.2, 0) is 4.79 Å². The number of nitrogens with zero attached hydrogens (tertiary/aromatic N) is 5. The largest absolute Gasteiger partial charge is 0.276 e. The van der Waals surface area contributed by atoms with Crippen LogP contribution in [0.1, 0.15) is 31.1 Å². The molecule has 0 N–H and O–H groups in total. The van der Waals surface area contributed by atoms with Gasteiger partial charge in [-0.1, -0.05) is 11.6 Å². The average Bonchev–Trinajstić information content (AvgIpc) is 2.52. The van der Waals surface area contributed by atoms with Crippen molar-refractivity contribution in [1.29, 1.82) is 0 Å². The molecule has 0 spiro atoms. The number of hydrazine groups is 1. The highest BCUT2D eigenvalue weighted by molar-refractivity contribution is 6.30. The van der Waals surface area contributed by atoms with E-state index in [0.29, 0.717) is 17.0 Å². The molecule has 0 saturated heterocycles. The summed E-state index contributed by atoms with van der Waals surface area (Å²) >= 11 is 5.85. The lowest BCUT2D eigenvalue weighted by Crippen LogP contribution is -2.56. The predicted molar refractivity (Wildman–Crippen MR) is 85.7 cm³/mol. The number of carbonyl (C=O) groups excluding carboxylic acids is 2. The van der Waals surface area contributed by atoms with Crippen LogP contribution in [0, 0.1) is 0 Å². The molecule has 0 radical (unpaired) electrons. The minimum Gasteiger partial charge on any atom is -0.276 e. The van der Waals surface area contributed by atoms with Crippen molar-refractivity contribution in [1.82, 2.24) is 20.0 Å². The molecule has 1 aromatic heterocycles. The van der Waals surface area contributed by atoms with Crippen LogP contribution in [0.15, 0.2) is 36.9 Å². The van der Waals surface area contributed by atoms with Crippen molar-refractivity contribution in [2.75, 3.05) is 5.01 Å². The Hall–Kier alpha value is -2.54. The Bertz CT molecular complexity index is 685. The SMILES string of the molecule is CC(C)(C)N(C(=O)c1ccc(Cl)cc1)N(C=O)c1ncncn1. The summed E-state index contributed by atoms with van der Waals surface area (Å²) < 4.78 is 0. The second kappa shape index (κ2) is 6.70. The second-order valence-corrected chi connectivity index (χ2v) is 6.12. The number of carbonyl (C=O) groups is 2. The third-order valence-corrected chi connectivity index (χ3v) is 3.17. The molecule has 0 bridgehead atoms. The molecule has 0 aliphatic heterocycles. The highest BCUT2D eigenvalue weighted by Crippen LogP contribution is 2.22. The first-order valence-corrected chi connectivity index (χ1v) is 7.19. The summed E-state index contributed by atoms with van der Waals surface area (Å²) in [6.45, 7) is 5.41. The lowest BCUT2D eigenvalue weighted by molar-refractivity contribution is -0.110. The monoisotopic (exact) mass is 333 g/mol. The van der Waals surface area contributed by atoms with Crippen molar-refractivity contribution < 1.29 is 9.59 Å². The lowest BCUT2D eigenvalue weighted by Gasteiger charge is -2.40. The molecule has 8 heteroatoms. The lowest BCUT2D eigenvalue weighted by atomic mass is 10.1. The molecule has 23 heavy (non-hydrogen) atoms. The van der Waals surface area contributed by atoms with Crippen LogP contribution in [-0.4, -0.2) is 37.8 Å². The fraction of sp³-hybridized carbons (Fsp3) is 0.267. The van der Waals surface area contributed by atoms with Crippen LogP contribution in [0.2, 0.25) is 5.02 Å². The van der Waals surface area contributed by atoms with Gasteiger partial charge in [-0.15, -0.1) is 0 Å². The minimum absolute atomic E-state index is 0.0623. The normalized spacial score (nSPS) is 11.0. The molecule has 0 saturated carbocycles. The summed E-state index contributed by atoms with van der Waals surface area (Å²) in [5, 5.41) is 2.88. The molecule has 2 amide bonds. The molecule has 0 fully saturated rings. The summed E-state index contributed by atoms with van der Waals surface area (Å²) in [6, 6.07) is 6.42. The maximum absolute atomic E-state index is 12.9. The van der Waals surface area contributed by atoms with E-state index >= 15 is 0 Å². The standard InChI is InChI=1S/C15H16ClN5O2/c1-15(2,3)21(13(23)11-4-6-12(16)7-5-11)20(10-22)14-18-8-17-9-19-14/h4-10H,1-3H3. The van der Waals surface area contributed by atoms with Gasteiger partial charge < -0.3 is 0 Å². The van der Waals surface area contributed by atoms with Gasteiger partial charge in [-0.05, 0) is 45.0 Å². The molecule has 2 aromatic rings. The highest BCUT2D eigenvalue weighted by atomic mass is 35.5. The molecule has 0 unspecified atom stereocenters. The van der Waals surface area contributed by atoms with Gasteiger partial charge in [0.25, 0.3) is 11.9 Å². The topological polar surface area (TPSA) is 79.3 Å². The van der Waals surface area contributed by atoms with Crippen molar-refractivity contribution in [3.63, 3.8) is 0 Å². The zero-order valence-electron chi connectivity index (χ0n) is 13.0. The first kappa shape index (κ1) is 16.8. The zero-order valence-corrected chi connectivity index (χ0v) is 13.7. The van der Waals surface area contributed by atoms with Crippen LogP contribution in [0.25, 0.3) is 0 Å². The van der Waals surface area contributed by atoms with E-state index in [1.54, 1.807) is 45.0 Å². The van der Waals surface area contributed by atoms with E-state index in [9.17, 15) is 9.59 Å². The summed E-state index contributed by atoms with van der Waals surface area (Å²) in [4.78, 5) is 36.1. The van der Waals surface area contributed by atoms with Crippen LogP contribution in [0.5, 0.6) is 0 Å². The van der Waals surface area contributed by atoms with E-state index in [-0.39, 0.29) is 11.9 Å². The number of benzene rings is 1. The molecule has 0 atom stereocenters. The van der Waals surface area contributed by atoms with Gasteiger partial charge in [0, 0.05) is 10.6 Å². The van der Waals surface area contributed by atoms with Gasteiger partial charge in [0.05, 0.1) is 5.54 Å². The van der Waals surface area contributed by atoms with Crippen LogP contribution >= 0.6 is 11.6 Å². The van der Waals surface area contributed by atoms with Gasteiger partial charge in [-0.3, -0.25) is 9.59 Å². The smallest absolute Gasteiger partial charge is 0.273 e. The summed E-state index contributed by atoms with van der Waals surface area (Å²) in [7, 11) is 0. The highest BCUT2D eigenvalue weighted by Gasteiger charge is 2.34. The molecule has 120 valence electrons. The van der Waals surface area contributed by atoms with E-state index in [4.69, 9.17) is 11.6 Å². The fourth-order valence-corrected chi connectivity index (χ4v) is 2.10. The molecular weight excluding hydrogens is 318 g/mol. The Balaban J connectivity index is 2.46. The maximum Gasteiger partial charge on any atom is 0.273 e. The predicted octanol–water partition coefficient (Wildman–Crippen LogP) is 2.34. The van der Waals surface area contributed by atoms with Gasteiger partial charge >= 0.3 is 0 Å². The molecule has 0 aliphatic carbocycles. The van der Waals surface area contributed by atoms with Gasteiger partial charge in [0.1, 0.15) is 12.7 Å². The second-order valence-electron chi connectivity index (χ2n) is 5.68. The minimum atomic E-state index is -0.690. The van der Waals surface area contributed by atoms with E-state index < -0.39 is 5.54 Å². The first-order valence-electron chi connectivity index (χ1n) is 6.81. The van der Waals surface area contributed by atoms with Crippen molar-refractivity contribution in [3.05, 3.63) is 47.5 Å². The van der Waals surface area contributed by atoms with Crippen LogP contribution in [0.3, 0.4) is 0 Å². The van der Waals surface area contributed by atoms with Crippen molar-refractivity contribution >= 4 is 29.9 Å². The van der Waals surface area contributed by atoms with Crippen LogP contribution in [0.4, 0.5) is 5.95 Å². The number of anilines is 1. The molecule has 0 aliphatic rings. The Morgan fingerprint density at radius 1 is 1.13 bits per heavy atom. The Morgan fingerprint density at radius 3 is 2.17 bits per heavy atom. The third kappa shape index (κ3) is 3.81. The number of hydrogen-bond acceptors (Lipinski definition) is 5. The first-order chi connectivity index (χ1) is 10.8. The third-order valence-electron chi connectivity index (χ3n) is 2.92.